The summed E-state index contributed by atoms with van der Waals surface area (Å²) < 4.78 is 54.8. The van der Waals surface area contributed by atoms with Crippen LogP contribution in [0.3, 0.4) is 0 Å². The third-order valence-electron chi connectivity index (χ3n) is 5.54. The lowest BCUT2D eigenvalue weighted by Crippen LogP contribution is -2.17. The zero-order valence-corrected chi connectivity index (χ0v) is 21.2. The van der Waals surface area contributed by atoms with Crippen LogP contribution in [0.4, 0.5) is 0 Å². The molecule has 8 nitrogen and oxygen atoms in total. The number of rotatable bonds is 9. The van der Waals surface area contributed by atoms with E-state index < -0.39 is 41.2 Å². The van der Waals surface area contributed by atoms with Gasteiger partial charge in [-0.05, 0) is 44.4 Å². The molecule has 0 spiro atoms. The molecule has 0 saturated carbocycles. The zero-order valence-electron chi connectivity index (χ0n) is 19.6. The van der Waals surface area contributed by atoms with E-state index in [-0.39, 0.29) is 46.7 Å². The lowest BCUT2D eigenvalue weighted by Gasteiger charge is -2.11. The van der Waals surface area contributed by atoms with Crippen molar-refractivity contribution in [2.24, 2.45) is 5.73 Å². The molecule has 0 unspecified atom stereocenters. The van der Waals surface area contributed by atoms with Gasteiger partial charge in [0.25, 0.3) is 0 Å². The quantitative estimate of drug-likeness (QED) is 0.445. The largest absolute Gasteiger partial charge is 0.366 e. The lowest BCUT2D eigenvalue weighted by molar-refractivity contribution is 0.0995. The van der Waals surface area contributed by atoms with E-state index in [1.54, 1.807) is 39.0 Å². The fourth-order valence-electron chi connectivity index (χ4n) is 4.09. The molecule has 0 fully saturated rings. The Balaban J connectivity index is 2.58. The molecule has 3 rings (SSSR count). The van der Waals surface area contributed by atoms with Gasteiger partial charge in [-0.15, -0.1) is 0 Å². The highest BCUT2D eigenvalue weighted by Gasteiger charge is 2.37. The Morgan fingerprint density at radius 3 is 2.00 bits per heavy atom. The standard InChI is InChI=1S/C24H28N2O6S2/c1-5-11-33(29,30)22-19-10-8-17(24(25)28)14-26(19)20(23(22)34(31,32)12-6-2)21(27)18-9-7-15(3)13-16(18)4/h7-10,13-14H,5-6,11-12H2,1-4H3,(H2,25,28). The van der Waals surface area contributed by atoms with Crippen LogP contribution in [0.25, 0.3) is 5.52 Å². The molecule has 2 heterocycles. The Morgan fingerprint density at radius 2 is 1.47 bits per heavy atom. The maximum absolute atomic E-state index is 13.8. The minimum Gasteiger partial charge on any atom is -0.366 e. The predicted octanol–water partition coefficient (Wildman–Crippen LogP) is 3.25. The molecular formula is C24H28N2O6S2. The molecule has 0 atom stereocenters. The molecule has 1 aromatic carbocycles. The Hall–Kier alpha value is -2.98. The number of carbonyl (C=O) groups excluding carboxylic acids is 2. The molecule has 34 heavy (non-hydrogen) atoms. The van der Waals surface area contributed by atoms with Crippen molar-refractivity contribution in [3.8, 4) is 0 Å². The minimum absolute atomic E-state index is 0.0102. The van der Waals surface area contributed by atoms with Gasteiger partial charge in [0.15, 0.2) is 19.7 Å². The lowest BCUT2D eigenvalue weighted by atomic mass is 10.0. The summed E-state index contributed by atoms with van der Waals surface area (Å²) in [5.41, 5.74) is 6.90. The molecule has 3 aromatic rings. The number of hydrogen-bond acceptors (Lipinski definition) is 6. The fourth-order valence-corrected chi connectivity index (χ4v) is 8.07. The number of amides is 1. The molecule has 0 aliphatic carbocycles. The van der Waals surface area contributed by atoms with Crippen molar-refractivity contribution in [1.29, 1.82) is 0 Å². The first-order valence-electron chi connectivity index (χ1n) is 10.9. The van der Waals surface area contributed by atoms with Gasteiger partial charge < -0.3 is 10.1 Å². The minimum atomic E-state index is -4.18. The van der Waals surface area contributed by atoms with Crippen LogP contribution in [0.1, 0.15) is 64.2 Å². The van der Waals surface area contributed by atoms with Gasteiger partial charge in [0.1, 0.15) is 15.5 Å². The molecule has 1 amide bonds. The number of primary amides is 1. The number of hydrogen-bond donors (Lipinski definition) is 1. The first kappa shape index (κ1) is 25.6. The van der Waals surface area contributed by atoms with Crippen molar-refractivity contribution >= 4 is 36.9 Å². The SMILES string of the molecule is CCCS(=O)(=O)c1c(S(=O)(=O)CCC)c2ccc(C(N)=O)cn2c1C(=O)c1ccc(C)cc1C. The van der Waals surface area contributed by atoms with Gasteiger partial charge in [0.2, 0.25) is 11.7 Å². The van der Waals surface area contributed by atoms with E-state index in [0.717, 1.165) is 5.56 Å². The average Bonchev–Trinajstić information content (AvgIpc) is 3.09. The fraction of sp³-hybridized carbons (Fsp3) is 0.333. The zero-order chi connectivity index (χ0) is 25.4. The summed E-state index contributed by atoms with van der Waals surface area (Å²) in [7, 11) is -8.26. The van der Waals surface area contributed by atoms with E-state index in [2.05, 4.69) is 0 Å². The number of aromatic nitrogens is 1. The van der Waals surface area contributed by atoms with Crippen LogP contribution < -0.4 is 5.73 Å². The molecular weight excluding hydrogens is 476 g/mol. The molecule has 0 aliphatic rings. The second-order valence-corrected chi connectivity index (χ2v) is 12.4. The number of nitrogens with two attached hydrogens (primary N) is 1. The third kappa shape index (κ3) is 4.52. The number of nitrogens with zero attached hydrogens (tertiary/aromatic N) is 1. The highest BCUT2D eigenvalue weighted by Crippen LogP contribution is 2.36. The van der Waals surface area contributed by atoms with Gasteiger partial charge in [-0.25, -0.2) is 16.8 Å². The van der Waals surface area contributed by atoms with Crippen LogP contribution in [0.5, 0.6) is 0 Å². The molecule has 0 aliphatic heterocycles. The number of aryl methyl sites for hydroxylation is 2. The summed E-state index contributed by atoms with van der Waals surface area (Å²) in [6.07, 6.45) is 1.71. The molecule has 0 saturated heterocycles. The van der Waals surface area contributed by atoms with E-state index in [0.29, 0.717) is 5.56 Å². The van der Waals surface area contributed by atoms with Crippen LogP contribution in [0.15, 0.2) is 46.3 Å². The van der Waals surface area contributed by atoms with Gasteiger partial charge in [0, 0.05) is 11.8 Å². The summed E-state index contributed by atoms with van der Waals surface area (Å²) in [4.78, 5) is 24.8. The Labute approximate surface area is 199 Å². The Kier molecular flexibility index (Phi) is 7.05. The molecule has 0 bridgehead atoms. The number of sulfone groups is 2. The smallest absolute Gasteiger partial charge is 0.250 e. The summed E-state index contributed by atoms with van der Waals surface area (Å²) in [5.74, 6) is -2.08. The van der Waals surface area contributed by atoms with E-state index >= 15 is 0 Å². The Bertz CT molecular complexity index is 1520. The summed E-state index contributed by atoms with van der Waals surface area (Å²) in [6, 6.07) is 7.74. The summed E-state index contributed by atoms with van der Waals surface area (Å²) in [5, 5.41) is 0. The maximum atomic E-state index is 13.8. The average molecular weight is 505 g/mol. The molecule has 2 aromatic heterocycles. The number of pyridine rings is 1. The van der Waals surface area contributed by atoms with E-state index in [1.807, 2.05) is 6.92 Å². The van der Waals surface area contributed by atoms with Gasteiger partial charge >= 0.3 is 0 Å². The molecule has 2 N–H and O–H groups in total. The van der Waals surface area contributed by atoms with Crippen molar-refractivity contribution in [2.45, 2.75) is 50.3 Å². The van der Waals surface area contributed by atoms with Crippen molar-refractivity contribution in [3.05, 3.63) is 64.5 Å². The maximum Gasteiger partial charge on any atom is 0.250 e. The summed E-state index contributed by atoms with van der Waals surface area (Å²) in [6.45, 7) is 6.91. The van der Waals surface area contributed by atoms with Crippen molar-refractivity contribution in [1.82, 2.24) is 4.40 Å². The predicted molar refractivity (Wildman–Crippen MR) is 130 cm³/mol. The van der Waals surface area contributed by atoms with Crippen LogP contribution in [0, 0.1) is 13.8 Å². The number of carbonyl (C=O) groups is 2. The first-order valence-corrected chi connectivity index (χ1v) is 14.2. The van der Waals surface area contributed by atoms with Crippen LogP contribution in [-0.2, 0) is 19.7 Å². The van der Waals surface area contributed by atoms with Crippen molar-refractivity contribution in [3.63, 3.8) is 0 Å². The van der Waals surface area contributed by atoms with E-state index in [4.69, 9.17) is 5.73 Å². The molecule has 10 heteroatoms. The molecule has 0 radical (unpaired) electrons. The first-order chi connectivity index (χ1) is 15.9. The van der Waals surface area contributed by atoms with Crippen molar-refractivity contribution in [2.75, 3.05) is 11.5 Å². The van der Waals surface area contributed by atoms with E-state index in [9.17, 15) is 26.4 Å². The van der Waals surface area contributed by atoms with E-state index in [1.165, 1.54) is 22.7 Å². The number of fused-ring (bicyclic) bond motifs is 1. The Morgan fingerprint density at radius 1 is 0.882 bits per heavy atom. The topological polar surface area (TPSA) is 133 Å². The van der Waals surface area contributed by atoms with Gasteiger partial charge in [-0.2, -0.15) is 0 Å². The van der Waals surface area contributed by atoms with Crippen LogP contribution in [0.2, 0.25) is 0 Å². The van der Waals surface area contributed by atoms with Crippen LogP contribution >= 0.6 is 0 Å². The second kappa shape index (κ2) is 9.34. The van der Waals surface area contributed by atoms with Gasteiger partial charge in [-0.3, -0.25) is 9.59 Å². The second-order valence-electron chi connectivity index (χ2n) is 8.33. The third-order valence-corrected chi connectivity index (χ3v) is 9.61. The number of benzene rings is 1. The van der Waals surface area contributed by atoms with Crippen molar-refractivity contribution < 1.29 is 26.4 Å². The highest BCUT2D eigenvalue weighted by atomic mass is 32.2. The monoisotopic (exact) mass is 504 g/mol. The normalized spacial score (nSPS) is 12.2. The van der Waals surface area contributed by atoms with Crippen LogP contribution in [-0.4, -0.2) is 44.4 Å². The number of ketones is 1. The summed E-state index contributed by atoms with van der Waals surface area (Å²) >= 11 is 0. The molecule has 182 valence electrons. The van der Waals surface area contributed by atoms with Gasteiger partial charge in [-0.1, -0.05) is 37.6 Å². The highest BCUT2D eigenvalue weighted by molar-refractivity contribution is 7.94. The van der Waals surface area contributed by atoms with Gasteiger partial charge in [0.05, 0.1) is 22.6 Å².